The fourth-order valence-electron chi connectivity index (χ4n) is 3.02. The number of hydrogen-bond donors (Lipinski definition) is 0. The molecule has 0 saturated carbocycles. The Bertz CT molecular complexity index is 613. The summed E-state index contributed by atoms with van der Waals surface area (Å²) in [5.74, 6) is 0.276. The second-order valence-corrected chi connectivity index (χ2v) is 5.73. The maximum atomic E-state index is 12.4. The number of aryl methyl sites for hydroxylation is 2. The second kappa shape index (κ2) is 5.62. The Morgan fingerprint density at radius 1 is 1.05 bits per heavy atom. The molecule has 0 saturated heterocycles. The molecule has 2 aromatic carbocycles. The van der Waals surface area contributed by atoms with Gasteiger partial charge in [0, 0.05) is 12.3 Å². The fourth-order valence-corrected chi connectivity index (χ4v) is 3.02. The summed E-state index contributed by atoms with van der Waals surface area (Å²) < 4.78 is 0. The van der Waals surface area contributed by atoms with Crippen LogP contribution in [0.4, 0.5) is 0 Å². The van der Waals surface area contributed by atoms with E-state index in [1.54, 1.807) is 0 Å². The van der Waals surface area contributed by atoms with Gasteiger partial charge in [-0.3, -0.25) is 4.79 Å². The summed E-state index contributed by atoms with van der Waals surface area (Å²) in [4.78, 5) is 12.4. The van der Waals surface area contributed by atoms with Crippen LogP contribution in [0.5, 0.6) is 0 Å². The van der Waals surface area contributed by atoms with Crippen molar-refractivity contribution < 1.29 is 4.79 Å². The van der Waals surface area contributed by atoms with E-state index < -0.39 is 0 Å². The number of carbonyl (C=O) groups excluding carboxylic acids is 1. The zero-order valence-electron chi connectivity index (χ0n) is 11.9. The van der Waals surface area contributed by atoms with Crippen LogP contribution >= 0.6 is 0 Å². The van der Waals surface area contributed by atoms with Gasteiger partial charge >= 0.3 is 0 Å². The van der Waals surface area contributed by atoms with Gasteiger partial charge in [0.2, 0.25) is 0 Å². The number of benzene rings is 2. The van der Waals surface area contributed by atoms with Gasteiger partial charge in [0.1, 0.15) is 5.78 Å². The van der Waals surface area contributed by atoms with Crippen LogP contribution in [-0.2, 0) is 24.1 Å². The third kappa shape index (κ3) is 2.67. The number of hydrogen-bond acceptors (Lipinski definition) is 1. The van der Waals surface area contributed by atoms with Crippen LogP contribution < -0.4 is 0 Å². The highest BCUT2D eigenvalue weighted by molar-refractivity contribution is 5.87. The van der Waals surface area contributed by atoms with E-state index in [2.05, 4.69) is 18.2 Å². The van der Waals surface area contributed by atoms with Crippen LogP contribution in [0.1, 0.15) is 41.5 Å². The van der Waals surface area contributed by atoms with Crippen molar-refractivity contribution in [3.8, 4) is 0 Å². The van der Waals surface area contributed by atoms with E-state index in [1.165, 1.54) is 36.0 Å². The molecule has 0 bridgehead atoms. The lowest BCUT2D eigenvalue weighted by atomic mass is 9.92. The van der Waals surface area contributed by atoms with Crippen LogP contribution in [0.25, 0.3) is 0 Å². The molecule has 0 aliphatic heterocycles. The summed E-state index contributed by atoms with van der Waals surface area (Å²) in [5.41, 5.74) is 5.19. The molecule has 1 nitrogen and oxygen atoms in total. The molecule has 20 heavy (non-hydrogen) atoms. The van der Waals surface area contributed by atoms with Gasteiger partial charge in [0.25, 0.3) is 0 Å². The van der Waals surface area contributed by atoms with Crippen molar-refractivity contribution >= 4 is 5.78 Å². The maximum Gasteiger partial charge on any atom is 0.144 e. The molecule has 1 unspecified atom stereocenters. The lowest BCUT2D eigenvalue weighted by Gasteiger charge is -2.11. The van der Waals surface area contributed by atoms with Crippen LogP contribution in [0.2, 0.25) is 0 Å². The van der Waals surface area contributed by atoms with E-state index >= 15 is 0 Å². The van der Waals surface area contributed by atoms with E-state index in [0.717, 1.165) is 5.56 Å². The van der Waals surface area contributed by atoms with Crippen LogP contribution in [0.15, 0.2) is 48.5 Å². The average molecular weight is 264 g/mol. The standard InChI is InChI=1S/C19H20O/c1-14(16-6-3-2-4-7-16)19(20)13-15-10-11-17-8-5-9-18(17)12-15/h2-4,6-7,10-12,14H,5,8-9,13H2,1H3. The van der Waals surface area contributed by atoms with E-state index in [0.29, 0.717) is 12.2 Å². The van der Waals surface area contributed by atoms with Gasteiger partial charge in [-0.2, -0.15) is 0 Å². The summed E-state index contributed by atoms with van der Waals surface area (Å²) in [6.07, 6.45) is 4.17. The van der Waals surface area contributed by atoms with Crippen LogP contribution in [-0.4, -0.2) is 5.78 Å². The average Bonchev–Trinajstić information content (AvgIpc) is 2.95. The predicted octanol–water partition coefficient (Wildman–Crippen LogP) is 4.09. The molecule has 0 spiro atoms. The Labute approximate surface area is 120 Å². The van der Waals surface area contributed by atoms with Crippen molar-refractivity contribution in [2.45, 2.75) is 38.5 Å². The largest absolute Gasteiger partial charge is 0.299 e. The zero-order chi connectivity index (χ0) is 13.9. The first-order chi connectivity index (χ1) is 9.74. The summed E-state index contributed by atoms with van der Waals surface area (Å²) in [6, 6.07) is 16.6. The smallest absolute Gasteiger partial charge is 0.144 e. The number of fused-ring (bicyclic) bond motifs is 1. The third-order valence-corrected chi connectivity index (χ3v) is 4.32. The quantitative estimate of drug-likeness (QED) is 0.813. The monoisotopic (exact) mass is 264 g/mol. The van der Waals surface area contributed by atoms with Gasteiger partial charge < -0.3 is 0 Å². The number of Topliss-reactive ketones (excluding diaryl/α,β-unsaturated/α-hetero) is 1. The molecule has 3 rings (SSSR count). The lowest BCUT2D eigenvalue weighted by Crippen LogP contribution is -2.12. The minimum atomic E-state index is -0.0237. The first-order valence-electron chi connectivity index (χ1n) is 7.42. The van der Waals surface area contributed by atoms with E-state index in [9.17, 15) is 4.79 Å². The highest BCUT2D eigenvalue weighted by atomic mass is 16.1. The van der Waals surface area contributed by atoms with Gasteiger partial charge in [-0.15, -0.1) is 0 Å². The van der Waals surface area contributed by atoms with E-state index in [-0.39, 0.29) is 5.92 Å². The fraction of sp³-hybridized carbons (Fsp3) is 0.316. The molecule has 0 N–H and O–H groups in total. The van der Waals surface area contributed by atoms with Crippen molar-refractivity contribution in [3.63, 3.8) is 0 Å². The molecule has 0 fully saturated rings. The predicted molar refractivity (Wildman–Crippen MR) is 82.0 cm³/mol. The molecule has 102 valence electrons. The number of rotatable bonds is 4. The zero-order valence-corrected chi connectivity index (χ0v) is 11.9. The van der Waals surface area contributed by atoms with Gasteiger partial charge in [-0.05, 0) is 41.5 Å². The van der Waals surface area contributed by atoms with E-state index in [4.69, 9.17) is 0 Å². The van der Waals surface area contributed by atoms with Crippen molar-refractivity contribution in [3.05, 3.63) is 70.8 Å². The molecule has 0 heterocycles. The summed E-state index contributed by atoms with van der Waals surface area (Å²) >= 11 is 0. The first-order valence-corrected chi connectivity index (χ1v) is 7.42. The summed E-state index contributed by atoms with van der Waals surface area (Å²) in [6.45, 7) is 2.00. The van der Waals surface area contributed by atoms with E-state index in [1.807, 2.05) is 37.3 Å². The molecule has 1 heteroatoms. The SMILES string of the molecule is CC(C(=O)Cc1ccc2c(c1)CCC2)c1ccccc1. The van der Waals surface area contributed by atoms with Gasteiger partial charge in [-0.1, -0.05) is 55.5 Å². The highest BCUT2D eigenvalue weighted by Gasteiger charge is 2.17. The minimum Gasteiger partial charge on any atom is -0.299 e. The Hall–Kier alpha value is -1.89. The molecule has 1 aliphatic carbocycles. The molecule has 1 aliphatic rings. The molecular formula is C19H20O. The Morgan fingerprint density at radius 3 is 2.60 bits per heavy atom. The molecule has 2 aromatic rings. The van der Waals surface area contributed by atoms with Crippen molar-refractivity contribution in [2.75, 3.05) is 0 Å². The first kappa shape index (κ1) is 13.1. The Morgan fingerprint density at radius 2 is 1.80 bits per heavy atom. The molecule has 0 aromatic heterocycles. The van der Waals surface area contributed by atoms with Crippen molar-refractivity contribution in [1.29, 1.82) is 0 Å². The molecule has 0 radical (unpaired) electrons. The van der Waals surface area contributed by atoms with Gasteiger partial charge in [0.15, 0.2) is 0 Å². The lowest BCUT2D eigenvalue weighted by molar-refractivity contribution is -0.119. The van der Waals surface area contributed by atoms with Gasteiger partial charge in [-0.25, -0.2) is 0 Å². The third-order valence-electron chi connectivity index (χ3n) is 4.32. The molecule has 1 atom stereocenters. The van der Waals surface area contributed by atoms with Crippen LogP contribution in [0.3, 0.4) is 0 Å². The van der Waals surface area contributed by atoms with Crippen molar-refractivity contribution in [1.82, 2.24) is 0 Å². The Balaban J connectivity index is 1.73. The summed E-state index contributed by atoms with van der Waals surface area (Å²) in [7, 11) is 0. The van der Waals surface area contributed by atoms with Crippen molar-refractivity contribution in [2.24, 2.45) is 0 Å². The van der Waals surface area contributed by atoms with Gasteiger partial charge in [0.05, 0.1) is 0 Å². The Kier molecular flexibility index (Phi) is 3.68. The minimum absolute atomic E-state index is 0.0237. The number of ketones is 1. The summed E-state index contributed by atoms with van der Waals surface area (Å²) in [5, 5.41) is 0. The normalized spacial score (nSPS) is 14.8. The molecular weight excluding hydrogens is 244 g/mol. The molecule has 0 amide bonds. The second-order valence-electron chi connectivity index (χ2n) is 5.73. The number of carbonyl (C=O) groups is 1. The topological polar surface area (TPSA) is 17.1 Å². The highest BCUT2D eigenvalue weighted by Crippen LogP contribution is 2.24. The van der Waals surface area contributed by atoms with Crippen LogP contribution in [0, 0.1) is 0 Å². The maximum absolute atomic E-state index is 12.4.